The largest absolute Gasteiger partial charge is 0.365 e. The second-order valence-corrected chi connectivity index (χ2v) is 3.62. The minimum absolute atomic E-state index is 0.0837. The Kier molecular flexibility index (Phi) is 3.54. The van der Waals surface area contributed by atoms with Gasteiger partial charge in [-0.25, -0.2) is 9.97 Å². The summed E-state index contributed by atoms with van der Waals surface area (Å²) in [6.07, 6.45) is 7.50. The maximum absolute atomic E-state index is 11.8. The second kappa shape index (κ2) is 5.29. The van der Waals surface area contributed by atoms with Crippen molar-refractivity contribution in [3.63, 3.8) is 0 Å². The van der Waals surface area contributed by atoms with Crippen LogP contribution in [0.1, 0.15) is 12.6 Å². The van der Waals surface area contributed by atoms with E-state index in [1.54, 1.807) is 29.5 Å². The molecule has 0 saturated heterocycles. The average Bonchev–Trinajstić information content (AvgIpc) is 2.84. The van der Waals surface area contributed by atoms with E-state index in [1.807, 2.05) is 6.92 Å². The van der Waals surface area contributed by atoms with Crippen LogP contribution in [0.5, 0.6) is 0 Å². The van der Waals surface area contributed by atoms with Crippen molar-refractivity contribution < 1.29 is 0 Å². The Bertz CT molecular complexity index is 517. The quantitative estimate of drug-likeness (QED) is 0.794. The summed E-state index contributed by atoms with van der Waals surface area (Å²) >= 11 is 0. The Labute approximate surface area is 98.7 Å². The van der Waals surface area contributed by atoms with Crippen molar-refractivity contribution in [3.05, 3.63) is 41.0 Å². The summed E-state index contributed by atoms with van der Waals surface area (Å²) in [6, 6.07) is 0. The number of hydrogen-bond donors (Lipinski definition) is 2. The third kappa shape index (κ3) is 2.72. The molecular weight excluding hydrogens is 218 g/mol. The summed E-state index contributed by atoms with van der Waals surface area (Å²) in [4.78, 5) is 22.8. The highest BCUT2D eigenvalue weighted by Gasteiger charge is 2.02. The molecule has 0 aliphatic carbocycles. The van der Waals surface area contributed by atoms with Crippen molar-refractivity contribution in [2.45, 2.75) is 19.9 Å². The third-order valence-electron chi connectivity index (χ3n) is 2.50. The van der Waals surface area contributed by atoms with Crippen molar-refractivity contribution in [1.29, 1.82) is 0 Å². The van der Waals surface area contributed by atoms with Crippen LogP contribution in [0.3, 0.4) is 0 Å². The molecular formula is C11H15N5O. The highest BCUT2D eigenvalue weighted by molar-refractivity contribution is 5.30. The predicted octanol–water partition coefficient (Wildman–Crippen LogP) is 0.641. The van der Waals surface area contributed by atoms with Crippen molar-refractivity contribution in [1.82, 2.24) is 19.5 Å². The second-order valence-electron chi connectivity index (χ2n) is 3.62. The van der Waals surface area contributed by atoms with Crippen molar-refractivity contribution in [2.24, 2.45) is 0 Å². The van der Waals surface area contributed by atoms with Crippen LogP contribution in [0.25, 0.3) is 0 Å². The van der Waals surface area contributed by atoms with Gasteiger partial charge >= 0.3 is 0 Å². The lowest BCUT2D eigenvalue weighted by molar-refractivity contribution is 0.718. The van der Waals surface area contributed by atoms with Gasteiger partial charge in [0.05, 0.1) is 6.33 Å². The van der Waals surface area contributed by atoms with E-state index >= 15 is 0 Å². The number of anilines is 1. The zero-order chi connectivity index (χ0) is 12.1. The zero-order valence-electron chi connectivity index (χ0n) is 9.68. The molecule has 0 saturated carbocycles. The molecule has 2 heterocycles. The molecule has 17 heavy (non-hydrogen) atoms. The fourth-order valence-electron chi connectivity index (χ4n) is 1.55. The molecule has 0 bridgehead atoms. The Morgan fingerprint density at radius 1 is 1.53 bits per heavy atom. The van der Waals surface area contributed by atoms with Gasteiger partial charge in [-0.3, -0.25) is 4.79 Å². The molecule has 2 rings (SSSR count). The van der Waals surface area contributed by atoms with Crippen LogP contribution in [0.2, 0.25) is 0 Å². The van der Waals surface area contributed by atoms with Crippen molar-refractivity contribution >= 4 is 5.82 Å². The van der Waals surface area contributed by atoms with Crippen LogP contribution in [-0.4, -0.2) is 26.1 Å². The van der Waals surface area contributed by atoms with Crippen LogP contribution in [0.15, 0.2) is 29.7 Å². The molecule has 2 aromatic rings. The van der Waals surface area contributed by atoms with Crippen LogP contribution < -0.4 is 10.9 Å². The first-order valence-corrected chi connectivity index (χ1v) is 5.58. The summed E-state index contributed by atoms with van der Waals surface area (Å²) in [5.74, 6) is 0.397. The number of nitrogens with one attached hydrogen (secondary N) is 2. The molecule has 0 fully saturated rings. The standard InChI is InChI=1S/C11H15N5O/c1-2-16-6-5-14-10(11(16)17)13-4-3-9-7-12-8-15-9/h5-8H,2-4H2,1H3,(H,12,15)(H,13,14). The molecule has 0 unspecified atom stereocenters. The lowest BCUT2D eigenvalue weighted by Gasteiger charge is -2.06. The number of aromatic nitrogens is 4. The number of H-pyrrole nitrogens is 1. The average molecular weight is 233 g/mol. The minimum atomic E-state index is -0.0837. The SMILES string of the molecule is CCn1ccnc(NCCc2cnc[nH]2)c1=O. The zero-order valence-corrected chi connectivity index (χ0v) is 9.68. The molecule has 2 N–H and O–H groups in total. The van der Waals surface area contributed by atoms with E-state index in [0.29, 0.717) is 18.9 Å². The smallest absolute Gasteiger partial charge is 0.293 e. The van der Waals surface area contributed by atoms with Gasteiger partial charge in [0, 0.05) is 43.8 Å². The molecule has 2 aromatic heterocycles. The summed E-state index contributed by atoms with van der Waals surface area (Å²) in [7, 11) is 0. The van der Waals surface area contributed by atoms with E-state index in [4.69, 9.17) is 0 Å². The van der Waals surface area contributed by atoms with Gasteiger partial charge in [-0.1, -0.05) is 0 Å². The molecule has 0 amide bonds. The van der Waals surface area contributed by atoms with Crippen LogP contribution >= 0.6 is 0 Å². The van der Waals surface area contributed by atoms with Crippen molar-refractivity contribution in [2.75, 3.05) is 11.9 Å². The Morgan fingerprint density at radius 3 is 3.12 bits per heavy atom. The molecule has 0 spiro atoms. The normalized spacial score (nSPS) is 10.4. The summed E-state index contributed by atoms with van der Waals surface area (Å²) in [5, 5.41) is 3.03. The third-order valence-corrected chi connectivity index (χ3v) is 2.50. The summed E-state index contributed by atoms with van der Waals surface area (Å²) in [5.41, 5.74) is 0.948. The number of aryl methyl sites for hydroxylation is 1. The highest BCUT2D eigenvalue weighted by atomic mass is 16.1. The fourth-order valence-corrected chi connectivity index (χ4v) is 1.55. The van der Waals surface area contributed by atoms with E-state index in [-0.39, 0.29) is 5.56 Å². The topological polar surface area (TPSA) is 75.6 Å². The number of nitrogens with zero attached hydrogens (tertiary/aromatic N) is 3. The number of imidazole rings is 1. The molecule has 0 radical (unpaired) electrons. The van der Waals surface area contributed by atoms with Crippen LogP contribution in [-0.2, 0) is 13.0 Å². The molecule has 6 nitrogen and oxygen atoms in total. The van der Waals surface area contributed by atoms with E-state index in [2.05, 4.69) is 20.3 Å². The lowest BCUT2D eigenvalue weighted by atomic mass is 10.3. The first-order valence-electron chi connectivity index (χ1n) is 5.58. The van der Waals surface area contributed by atoms with Gasteiger partial charge in [0.2, 0.25) is 0 Å². The first kappa shape index (κ1) is 11.4. The molecule has 0 aromatic carbocycles. The Morgan fingerprint density at radius 2 is 2.41 bits per heavy atom. The van der Waals surface area contributed by atoms with Gasteiger partial charge in [0.15, 0.2) is 5.82 Å². The van der Waals surface area contributed by atoms with Crippen LogP contribution in [0, 0.1) is 0 Å². The van der Waals surface area contributed by atoms with Gasteiger partial charge in [-0.2, -0.15) is 0 Å². The number of hydrogen-bond acceptors (Lipinski definition) is 4. The molecule has 0 atom stereocenters. The van der Waals surface area contributed by atoms with Crippen LogP contribution in [0.4, 0.5) is 5.82 Å². The molecule has 6 heteroatoms. The van der Waals surface area contributed by atoms with Gasteiger partial charge in [-0.05, 0) is 6.92 Å². The van der Waals surface area contributed by atoms with Gasteiger partial charge in [0.25, 0.3) is 5.56 Å². The number of rotatable bonds is 5. The van der Waals surface area contributed by atoms with E-state index in [1.165, 1.54) is 0 Å². The highest BCUT2D eigenvalue weighted by Crippen LogP contribution is 1.96. The Balaban J connectivity index is 1.97. The maximum Gasteiger partial charge on any atom is 0.293 e. The van der Waals surface area contributed by atoms with E-state index in [9.17, 15) is 4.79 Å². The first-order chi connectivity index (χ1) is 8.31. The van der Waals surface area contributed by atoms with Crippen molar-refractivity contribution in [3.8, 4) is 0 Å². The van der Waals surface area contributed by atoms with E-state index in [0.717, 1.165) is 12.1 Å². The van der Waals surface area contributed by atoms with Gasteiger partial charge < -0.3 is 14.9 Å². The minimum Gasteiger partial charge on any atom is -0.365 e. The molecule has 0 aliphatic heterocycles. The number of aromatic amines is 1. The maximum atomic E-state index is 11.8. The van der Waals surface area contributed by atoms with Gasteiger partial charge in [-0.15, -0.1) is 0 Å². The van der Waals surface area contributed by atoms with Gasteiger partial charge in [0.1, 0.15) is 0 Å². The molecule has 90 valence electrons. The Hall–Kier alpha value is -2.11. The molecule has 0 aliphatic rings. The summed E-state index contributed by atoms with van der Waals surface area (Å²) < 4.78 is 1.62. The van der Waals surface area contributed by atoms with E-state index < -0.39 is 0 Å². The monoisotopic (exact) mass is 233 g/mol. The summed E-state index contributed by atoms with van der Waals surface area (Å²) in [6.45, 7) is 3.23. The predicted molar refractivity (Wildman–Crippen MR) is 65.0 cm³/mol. The lowest BCUT2D eigenvalue weighted by Crippen LogP contribution is -2.24. The fraction of sp³-hybridized carbons (Fsp3) is 0.364.